The van der Waals surface area contributed by atoms with Gasteiger partial charge in [0, 0.05) is 18.2 Å². The van der Waals surface area contributed by atoms with E-state index >= 15 is 0 Å². The molecular formula is C9H11NO3. The average molecular weight is 181 g/mol. The second-order valence-electron chi connectivity index (χ2n) is 2.68. The van der Waals surface area contributed by atoms with E-state index in [-0.39, 0.29) is 5.91 Å². The number of aliphatic hydroxyl groups excluding tert-OH is 1. The molecule has 0 bridgehead atoms. The third-order valence-electron chi connectivity index (χ3n) is 1.51. The van der Waals surface area contributed by atoms with Crippen LogP contribution in [0.3, 0.4) is 0 Å². The van der Waals surface area contributed by atoms with Crippen molar-refractivity contribution >= 4 is 11.6 Å². The molecule has 0 saturated carbocycles. The Labute approximate surface area is 75.8 Å². The molecule has 0 radical (unpaired) electrons. The second-order valence-corrected chi connectivity index (χ2v) is 2.68. The minimum absolute atomic E-state index is 0.190. The van der Waals surface area contributed by atoms with Gasteiger partial charge in [0.15, 0.2) is 6.29 Å². The molecule has 0 spiro atoms. The van der Waals surface area contributed by atoms with Gasteiger partial charge in [0.2, 0.25) is 5.91 Å². The highest BCUT2D eigenvalue weighted by atomic mass is 16.5. The van der Waals surface area contributed by atoms with E-state index in [9.17, 15) is 4.79 Å². The molecule has 4 heteroatoms. The van der Waals surface area contributed by atoms with Gasteiger partial charge in [0.25, 0.3) is 0 Å². The fraction of sp³-hybridized carbons (Fsp3) is 0.222. The lowest BCUT2D eigenvalue weighted by molar-refractivity contribution is -0.114. The zero-order valence-electron chi connectivity index (χ0n) is 7.19. The maximum Gasteiger partial charge on any atom is 0.221 e. The lowest BCUT2D eigenvalue weighted by Gasteiger charge is -2.06. The molecule has 13 heavy (non-hydrogen) atoms. The first-order valence-corrected chi connectivity index (χ1v) is 3.83. The smallest absolute Gasteiger partial charge is 0.221 e. The van der Waals surface area contributed by atoms with Crippen LogP contribution in [0.25, 0.3) is 0 Å². The molecule has 1 rings (SSSR count). The van der Waals surface area contributed by atoms with Crippen LogP contribution in [0, 0.1) is 0 Å². The topological polar surface area (TPSA) is 69.6 Å². The summed E-state index contributed by atoms with van der Waals surface area (Å²) < 4.78 is 0. The number of benzene rings is 1. The molecule has 1 aromatic carbocycles. The first kappa shape index (κ1) is 9.70. The molecule has 0 heterocycles. The molecule has 0 unspecified atom stereocenters. The van der Waals surface area contributed by atoms with E-state index in [1.165, 1.54) is 13.0 Å². The summed E-state index contributed by atoms with van der Waals surface area (Å²) in [6.45, 7) is 1.39. The van der Waals surface area contributed by atoms with Gasteiger partial charge in [0.05, 0.1) is 0 Å². The first-order valence-electron chi connectivity index (χ1n) is 3.83. The summed E-state index contributed by atoms with van der Waals surface area (Å²) in [6.07, 6.45) is -1.51. The van der Waals surface area contributed by atoms with Gasteiger partial charge in [-0.25, -0.2) is 0 Å². The van der Waals surface area contributed by atoms with E-state index in [1.807, 2.05) is 0 Å². The third-order valence-corrected chi connectivity index (χ3v) is 1.51. The molecule has 0 aliphatic rings. The van der Waals surface area contributed by atoms with Crippen LogP contribution < -0.4 is 5.32 Å². The molecule has 0 aromatic heterocycles. The van der Waals surface area contributed by atoms with Crippen molar-refractivity contribution in [2.45, 2.75) is 13.2 Å². The summed E-state index contributed by atoms with van der Waals surface area (Å²) >= 11 is 0. The molecule has 70 valence electrons. The van der Waals surface area contributed by atoms with Crippen LogP contribution in [0.1, 0.15) is 18.8 Å². The highest BCUT2D eigenvalue weighted by Crippen LogP contribution is 2.15. The summed E-state index contributed by atoms with van der Waals surface area (Å²) in [5, 5.41) is 20.2. The quantitative estimate of drug-likeness (QED) is 0.586. The number of hydrogen-bond donors (Lipinski definition) is 3. The Kier molecular flexibility index (Phi) is 3.00. The van der Waals surface area contributed by atoms with Gasteiger partial charge in [-0.2, -0.15) is 0 Å². The van der Waals surface area contributed by atoms with E-state index in [1.54, 1.807) is 18.2 Å². The van der Waals surface area contributed by atoms with Gasteiger partial charge in [-0.05, 0) is 12.1 Å². The molecule has 0 aliphatic carbocycles. The minimum atomic E-state index is -1.51. The average Bonchev–Trinajstić information content (AvgIpc) is 2.03. The van der Waals surface area contributed by atoms with Gasteiger partial charge in [0.1, 0.15) is 0 Å². The predicted octanol–water partition coefficient (Wildman–Crippen LogP) is 0.628. The number of anilines is 1. The van der Waals surface area contributed by atoms with Crippen LogP contribution in [-0.4, -0.2) is 16.1 Å². The Balaban J connectivity index is 2.85. The van der Waals surface area contributed by atoms with Crippen molar-refractivity contribution in [1.29, 1.82) is 0 Å². The highest BCUT2D eigenvalue weighted by molar-refractivity contribution is 5.88. The first-order chi connectivity index (χ1) is 6.09. The SMILES string of the molecule is CC(=O)Nc1cccc(C(O)O)c1. The number of rotatable bonds is 2. The number of aliphatic hydroxyl groups is 2. The number of carbonyl (C=O) groups is 1. The maximum atomic E-state index is 10.7. The van der Waals surface area contributed by atoms with E-state index in [2.05, 4.69) is 5.32 Å². The van der Waals surface area contributed by atoms with Gasteiger partial charge < -0.3 is 15.5 Å². The van der Waals surface area contributed by atoms with Gasteiger partial charge in [-0.15, -0.1) is 0 Å². The van der Waals surface area contributed by atoms with Crippen molar-refractivity contribution in [3.8, 4) is 0 Å². The molecule has 0 fully saturated rings. The third kappa shape index (κ3) is 2.85. The van der Waals surface area contributed by atoms with Crippen LogP contribution in [0.4, 0.5) is 5.69 Å². The van der Waals surface area contributed by atoms with Crippen LogP contribution in [-0.2, 0) is 4.79 Å². The molecule has 0 saturated heterocycles. The van der Waals surface area contributed by atoms with Crippen LogP contribution in [0.2, 0.25) is 0 Å². The molecule has 1 amide bonds. The predicted molar refractivity (Wildman–Crippen MR) is 47.9 cm³/mol. The molecule has 3 N–H and O–H groups in total. The van der Waals surface area contributed by atoms with E-state index in [4.69, 9.17) is 10.2 Å². The van der Waals surface area contributed by atoms with Gasteiger partial charge in [-0.3, -0.25) is 4.79 Å². The van der Waals surface area contributed by atoms with Crippen LogP contribution >= 0.6 is 0 Å². The molecule has 0 atom stereocenters. The van der Waals surface area contributed by atoms with E-state index in [0.717, 1.165) is 0 Å². The van der Waals surface area contributed by atoms with Crippen molar-refractivity contribution < 1.29 is 15.0 Å². The van der Waals surface area contributed by atoms with Crippen LogP contribution in [0.5, 0.6) is 0 Å². The van der Waals surface area contributed by atoms with Crippen LogP contribution in [0.15, 0.2) is 24.3 Å². The number of nitrogens with one attached hydrogen (secondary N) is 1. The lowest BCUT2D eigenvalue weighted by Crippen LogP contribution is -2.06. The Hall–Kier alpha value is -1.39. The zero-order valence-corrected chi connectivity index (χ0v) is 7.19. The number of amides is 1. The summed E-state index contributed by atoms with van der Waals surface area (Å²) in [7, 11) is 0. The lowest BCUT2D eigenvalue weighted by atomic mass is 10.2. The van der Waals surface area contributed by atoms with Gasteiger partial charge in [-0.1, -0.05) is 12.1 Å². The molecule has 4 nitrogen and oxygen atoms in total. The maximum absolute atomic E-state index is 10.7. The normalized spacial score (nSPS) is 10.2. The molecule has 1 aromatic rings. The minimum Gasteiger partial charge on any atom is -0.364 e. The highest BCUT2D eigenvalue weighted by Gasteiger charge is 2.03. The summed E-state index contributed by atoms with van der Waals surface area (Å²) in [5.74, 6) is -0.190. The van der Waals surface area contributed by atoms with Crippen molar-refractivity contribution in [1.82, 2.24) is 0 Å². The van der Waals surface area contributed by atoms with Crippen molar-refractivity contribution in [2.24, 2.45) is 0 Å². The number of hydrogen-bond acceptors (Lipinski definition) is 3. The van der Waals surface area contributed by atoms with Gasteiger partial charge >= 0.3 is 0 Å². The Morgan fingerprint density at radius 2 is 2.15 bits per heavy atom. The van der Waals surface area contributed by atoms with E-state index in [0.29, 0.717) is 11.3 Å². The van der Waals surface area contributed by atoms with Crippen molar-refractivity contribution in [3.63, 3.8) is 0 Å². The Morgan fingerprint density at radius 3 is 2.69 bits per heavy atom. The number of carbonyl (C=O) groups excluding carboxylic acids is 1. The monoisotopic (exact) mass is 181 g/mol. The van der Waals surface area contributed by atoms with Crippen molar-refractivity contribution in [2.75, 3.05) is 5.32 Å². The standard InChI is InChI=1S/C9H11NO3/c1-6(11)10-8-4-2-3-7(5-8)9(12)13/h2-5,9,12-13H,1H3,(H,10,11). The fourth-order valence-electron chi connectivity index (χ4n) is 0.980. The Morgan fingerprint density at radius 1 is 1.46 bits per heavy atom. The molecule has 0 aliphatic heterocycles. The largest absolute Gasteiger partial charge is 0.364 e. The fourth-order valence-corrected chi connectivity index (χ4v) is 0.980. The zero-order chi connectivity index (χ0) is 9.84. The summed E-state index contributed by atoms with van der Waals surface area (Å²) in [4.78, 5) is 10.7. The summed E-state index contributed by atoms with van der Waals surface area (Å²) in [6, 6.07) is 6.38. The van der Waals surface area contributed by atoms with Crippen molar-refractivity contribution in [3.05, 3.63) is 29.8 Å². The Bertz CT molecular complexity index is 309. The second kappa shape index (κ2) is 4.02. The molecular weight excluding hydrogens is 170 g/mol. The van der Waals surface area contributed by atoms with E-state index < -0.39 is 6.29 Å². The summed E-state index contributed by atoms with van der Waals surface area (Å²) in [5.41, 5.74) is 0.907.